The summed E-state index contributed by atoms with van der Waals surface area (Å²) in [7, 11) is -3.48. The first kappa shape index (κ1) is 19.4. The molecule has 0 saturated heterocycles. The van der Waals surface area contributed by atoms with Crippen LogP contribution in [0.5, 0.6) is 0 Å². The van der Waals surface area contributed by atoms with E-state index in [0.29, 0.717) is 6.42 Å². The van der Waals surface area contributed by atoms with Gasteiger partial charge in [0.15, 0.2) is 0 Å². The third kappa shape index (κ3) is 5.83. The van der Waals surface area contributed by atoms with E-state index in [1.807, 2.05) is 0 Å². The van der Waals surface area contributed by atoms with E-state index in [0.717, 1.165) is 17.9 Å². The van der Waals surface area contributed by atoms with E-state index >= 15 is 0 Å². The van der Waals surface area contributed by atoms with Gasteiger partial charge in [-0.25, -0.2) is 13.1 Å². The molecule has 0 spiro atoms. The van der Waals surface area contributed by atoms with Crippen molar-refractivity contribution >= 4 is 21.6 Å². The lowest BCUT2D eigenvalue weighted by atomic mass is 10.1. The molecule has 9 heteroatoms. The summed E-state index contributed by atoms with van der Waals surface area (Å²) in [5.74, 6) is -0.678. The number of anilines is 1. The van der Waals surface area contributed by atoms with Crippen molar-refractivity contribution in [3.63, 3.8) is 0 Å². The molecule has 0 heterocycles. The standard InChI is InChI=1S/C14H19F3N2O3S/c1-3-10-23(21,22)18-8-9-19(11(2)20)13-7-5-4-6-12(13)14(15,16)17/h4-7,18H,3,8-10H2,1-2H3. The summed E-state index contributed by atoms with van der Waals surface area (Å²) in [4.78, 5) is 12.6. The van der Waals surface area contributed by atoms with Crippen LogP contribution < -0.4 is 9.62 Å². The van der Waals surface area contributed by atoms with E-state index < -0.39 is 27.7 Å². The average Bonchev–Trinajstić information content (AvgIpc) is 2.42. The van der Waals surface area contributed by atoms with Crippen LogP contribution in [0.25, 0.3) is 0 Å². The summed E-state index contributed by atoms with van der Waals surface area (Å²) in [6, 6.07) is 4.69. The zero-order chi connectivity index (χ0) is 17.7. The second-order valence-corrected chi connectivity index (χ2v) is 6.83. The first-order valence-corrected chi connectivity index (χ1v) is 8.65. The van der Waals surface area contributed by atoms with Gasteiger partial charge in [0, 0.05) is 20.0 Å². The highest BCUT2D eigenvalue weighted by Gasteiger charge is 2.35. The van der Waals surface area contributed by atoms with Crippen molar-refractivity contribution in [1.82, 2.24) is 4.72 Å². The van der Waals surface area contributed by atoms with E-state index in [2.05, 4.69) is 4.72 Å². The first-order valence-electron chi connectivity index (χ1n) is 7.00. The van der Waals surface area contributed by atoms with Gasteiger partial charge in [-0.2, -0.15) is 13.2 Å². The molecule has 0 saturated carbocycles. The molecule has 1 N–H and O–H groups in total. The summed E-state index contributed by atoms with van der Waals surface area (Å²) < 4.78 is 64.5. The monoisotopic (exact) mass is 352 g/mol. The van der Waals surface area contributed by atoms with Crippen LogP contribution >= 0.6 is 0 Å². The maximum absolute atomic E-state index is 13.0. The van der Waals surface area contributed by atoms with E-state index in [1.54, 1.807) is 6.92 Å². The maximum atomic E-state index is 13.0. The summed E-state index contributed by atoms with van der Waals surface area (Å²) >= 11 is 0. The Morgan fingerprint density at radius 3 is 2.39 bits per heavy atom. The Kier molecular flexibility index (Phi) is 6.57. The summed E-state index contributed by atoms with van der Waals surface area (Å²) in [5, 5.41) is 0. The number of benzene rings is 1. The Balaban J connectivity index is 2.95. The topological polar surface area (TPSA) is 66.5 Å². The van der Waals surface area contributed by atoms with Crippen LogP contribution in [-0.4, -0.2) is 33.2 Å². The Morgan fingerprint density at radius 2 is 1.87 bits per heavy atom. The van der Waals surface area contributed by atoms with Gasteiger partial charge in [0.2, 0.25) is 15.9 Å². The van der Waals surface area contributed by atoms with E-state index in [1.165, 1.54) is 18.2 Å². The van der Waals surface area contributed by atoms with Gasteiger partial charge in [0.25, 0.3) is 0 Å². The Hall–Kier alpha value is -1.61. The van der Waals surface area contributed by atoms with Gasteiger partial charge in [0.05, 0.1) is 17.0 Å². The largest absolute Gasteiger partial charge is 0.418 e. The fraction of sp³-hybridized carbons (Fsp3) is 0.500. The fourth-order valence-corrected chi connectivity index (χ4v) is 3.13. The molecule has 0 radical (unpaired) electrons. The van der Waals surface area contributed by atoms with Gasteiger partial charge in [-0.3, -0.25) is 4.79 Å². The number of nitrogens with one attached hydrogen (secondary N) is 1. The van der Waals surface area contributed by atoms with E-state index in [-0.39, 0.29) is 24.5 Å². The Labute approximate surface area is 133 Å². The molecule has 5 nitrogen and oxygen atoms in total. The van der Waals surface area contributed by atoms with Gasteiger partial charge in [-0.05, 0) is 18.6 Å². The highest BCUT2D eigenvalue weighted by molar-refractivity contribution is 7.89. The summed E-state index contributed by atoms with van der Waals surface area (Å²) in [6.07, 6.45) is -4.19. The third-order valence-corrected chi connectivity index (χ3v) is 4.60. The molecule has 0 bridgehead atoms. The van der Waals surface area contributed by atoms with Gasteiger partial charge in [-0.1, -0.05) is 19.1 Å². The molecule has 0 aromatic heterocycles. The molecule has 0 aliphatic heterocycles. The minimum Gasteiger partial charge on any atom is -0.311 e. The van der Waals surface area contributed by atoms with Crippen molar-refractivity contribution in [2.45, 2.75) is 26.4 Å². The highest BCUT2D eigenvalue weighted by atomic mass is 32.2. The number of carbonyl (C=O) groups excluding carboxylic acids is 1. The maximum Gasteiger partial charge on any atom is 0.418 e. The van der Waals surface area contributed by atoms with Gasteiger partial charge < -0.3 is 4.90 Å². The number of hydrogen-bond donors (Lipinski definition) is 1. The molecule has 130 valence electrons. The normalized spacial score (nSPS) is 12.2. The van der Waals surface area contributed by atoms with Crippen molar-refractivity contribution in [2.75, 3.05) is 23.7 Å². The molecule has 1 rings (SSSR count). The van der Waals surface area contributed by atoms with Crippen molar-refractivity contribution in [1.29, 1.82) is 0 Å². The Bertz CT molecular complexity index is 645. The SMILES string of the molecule is CCCS(=O)(=O)NCCN(C(C)=O)c1ccccc1C(F)(F)F. The lowest BCUT2D eigenvalue weighted by Gasteiger charge is -2.25. The molecular formula is C14H19F3N2O3S. The number of rotatable bonds is 7. The molecule has 23 heavy (non-hydrogen) atoms. The number of carbonyl (C=O) groups is 1. The quantitative estimate of drug-likeness (QED) is 0.819. The molecular weight excluding hydrogens is 333 g/mol. The number of sulfonamides is 1. The molecule has 1 amide bonds. The minimum atomic E-state index is -4.61. The van der Waals surface area contributed by atoms with Crippen LogP contribution in [0.3, 0.4) is 0 Å². The van der Waals surface area contributed by atoms with Gasteiger partial charge in [-0.15, -0.1) is 0 Å². The molecule has 0 fully saturated rings. The van der Waals surface area contributed by atoms with E-state index in [4.69, 9.17) is 0 Å². The number of hydrogen-bond acceptors (Lipinski definition) is 3. The second kappa shape index (κ2) is 7.78. The number of halogens is 3. The number of alkyl halides is 3. The zero-order valence-electron chi connectivity index (χ0n) is 12.9. The van der Waals surface area contributed by atoms with Crippen molar-refractivity contribution < 1.29 is 26.4 Å². The van der Waals surface area contributed by atoms with Crippen molar-refractivity contribution in [3.8, 4) is 0 Å². The smallest absolute Gasteiger partial charge is 0.311 e. The number of nitrogens with zero attached hydrogens (tertiary/aromatic N) is 1. The van der Waals surface area contributed by atoms with Crippen molar-refractivity contribution in [2.24, 2.45) is 0 Å². The minimum absolute atomic E-state index is 0.0772. The summed E-state index contributed by atoms with van der Waals surface area (Å²) in [6.45, 7) is 2.48. The predicted octanol–water partition coefficient (Wildman–Crippen LogP) is 2.39. The Morgan fingerprint density at radius 1 is 1.26 bits per heavy atom. The van der Waals surface area contributed by atoms with Gasteiger partial charge >= 0.3 is 6.18 Å². The first-order chi connectivity index (χ1) is 10.6. The lowest BCUT2D eigenvalue weighted by molar-refractivity contribution is -0.137. The predicted molar refractivity (Wildman–Crippen MR) is 81.6 cm³/mol. The zero-order valence-corrected chi connectivity index (χ0v) is 13.7. The number of para-hydroxylation sites is 1. The second-order valence-electron chi connectivity index (χ2n) is 4.90. The van der Waals surface area contributed by atoms with Crippen molar-refractivity contribution in [3.05, 3.63) is 29.8 Å². The van der Waals surface area contributed by atoms with Crippen LogP contribution in [0.15, 0.2) is 24.3 Å². The fourth-order valence-electron chi connectivity index (χ4n) is 2.05. The molecule has 0 atom stereocenters. The summed E-state index contributed by atoms with van der Waals surface area (Å²) in [5.41, 5.74) is -1.23. The number of amides is 1. The average molecular weight is 352 g/mol. The molecule has 0 aliphatic carbocycles. The van der Waals surface area contributed by atoms with E-state index in [9.17, 15) is 26.4 Å². The van der Waals surface area contributed by atoms with Gasteiger partial charge in [0.1, 0.15) is 0 Å². The third-order valence-electron chi connectivity index (χ3n) is 3.01. The molecule has 1 aromatic rings. The molecule has 1 aromatic carbocycles. The van der Waals surface area contributed by atoms with Crippen LogP contribution in [0.4, 0.5) is 18.9 Å². The molecule has 0 unspecified atom stereocenters. The lowest BCUT2D eigenvalue weighted by Crippen LogP contribution is -2.39. The molecule has 0 aliphatic rings. The van der Waals surface area contributed by atoms with Crippen LogP contribution in [0, 0.1) is 0 Å². The highest BCUT2D eigenvalue weighted by Crippen LogP contribution is 2.36. The van der Waals surface area contributed by atoms with Crippen LogP contribution in [0.2, 0.25) is 0 Å². The van der Waals surface area contributed by atoms with Crippen LogP contribution in [0.1, 0.15) is 25.8 Å². The van der Waals surface area contributed by atoms with Crippen LogP contribution in [-0.2, 0) is 21.0 Å².